The molecule has 1 heterocycles. The van der Waals surface area contributed by atoms with Crippen LogP contribution in [0, 0.1) is 5.92 Å². The minimum absolute atomic E-state index is 0.00117. The van der Waals surface area contributed by atoms with Crippen LogP contribution in [0.4, 0.5) is 18.9 Å². The summed E-state index contributed by atoms with van der Waals surface area (Å²) in [7, 11) is 0. The van der Waals surface area contributed by atoms with E-state index in [0.29, 0.717) is 22.2 Å². The minimum Gasteiger partial charge on any atom is -0.376 e. The summed E-state index contributed by atoms with van der Waals surface area (Å²) in [5.41, 5.74) is 1.26. The SMILES string of the molecule is FC(F)(F)c1ccccc1[C@@H]1Nc2c(Cl)cc(Cl)cc2[C@@H]2C=CC[C@@H]21. The molecular formula is C19H14Cl2F3N. The van der Waals surface area contributed by atoms with Crippen LogP contribution in [0.5, 0.6) is 0 Å². The molecule has 1 aliphatic carbocycles. The summed E-state index contributed by atoms with van der Waals surface area (Å²) in [5.74, 6) is -0.00993. The molecule has 1 N–H and O–H groups in total. The predicted molar refractivity (Wildman–Crippen MR) is 94.3 cm³/mol. The van der Waals surface area contributed by atoms with Crippen molar-refractivity contribution in [1.29, 1.82) is 0 Å². The average molecular weight is 384 g/mol. The van der Waals surface area contributed by atoms with Crippen molar-refractivity contribution in [2.24, 2.45) is 5.92 Å². The van der Waals surface area contributed by atoms with Crippen molar-refractivity contribution in [3.8, 4) is 0 Å². The van der Waals surface area contributed by atoms with E-state index >= 15 is 0 Å². The molecule has 6 heteroatoms. The van der Waals surface area contributed by atoms with Gasteiger partial charge in [0.15, 0.2) is 0 Å². The van der Waals surface area contributed by atoms with Crippen molar-refractivity contribution >= 4 is 28.9 Å². The average Bonchev–Trinajstić information content (AvgIpc) is 3.03. The van der Waals surface area contributed by atoms with E-state index in [-0.39, 0.29) is 17.4 Å². The van der Waals surface area contributed by atoms with Gasteiger partial charge < -0.3 is 5.32 Å². The first kappa shape index (κ1) is 16.8. The van der Waals surface area contributed by atoms with E-state index in [2.05, 4.69) is 5.32 Å². The van der Waals surface area contributed by atoms with Crippen LogP contribution in [0.1, 0.15) is 35.1 Å². The maximum absolute atomic E-state index is 13.5. The minimum atomic E-state index is -4.40. The highest BCUT2D eigenvalue weighted by atomic mass is 35.5. The predicted octanol–water partition coefficient (Wildman–Crippen LogP) is 6.84. The third-order valence-corrected chi connectivity index (χ3v) is 5.50. The first-order chi connectivity index (χ1) is 11.9. The zero-order valence-corrected chi connectivity index (χ0v) is 14.5. The third kappa shape index (κ3) is 2.81. The Balaban J connectivity index is 1.86. The van der Waals surface area contributed by atoms with Gasteiger partial charge >= 0.3 is 6.18 Å². The molecule has 3 atom stereocenters. The summed E-state index contributed by atoms with van der Waals surface area (Å²) in [5, 5.41) is 4.22. The van der Waals surface area contributed by atoms with Gasteiger partial charge in [0.25, 0.3) is 0 Å². The zero-order valence-electron chi connectivity index (χ0n) is 12.9. The number of rotatable bonds is 1. The number of hydrogen-bond acceptors (Lipinski definition) is 1. The Morgan fingerprint density at radius 1 is 1.04 bits per heavy atom. The molecule has 0 spiro atoms. The molecule has 0 bridgehead atoms. The second kappa shape index (κ2) is 5.96. The smallest absolute Gasteiger partial charge is 0.376 e. The van der Waals surface area contributed by atoms with Gasteiger partial charge in [0, 0.05) is 10.9 Å². The molecule has 4 rings (SSSR count). The number of benzene rings is 2. The Kier molecular flexibility index (Phi) is 4.00. The molecule has 0 aromatic heterocycles. The molecule has 0 radical (unpaired) electrons. The van der Waals surface area contributed by atoms with Gasteiger partial charge in [-0.25, -0.2) is 0 Å². The lowest BCUT2D eigenvalue weighted by molar-refractivity contribution is -0.138. The van der Waals surface area contributed by atoms with Crippen molar-refractivity contribution in [2.75, 3.05) is 5.32 Å². The second-order valence-electron chi connectivity index (χ2n) is 6.41. The molecule has 0 fully saturated rings. The summed E-state index contributed by atoms with van der Waals surface area (Å²) in [4.78, 5) is 0. The molecule has 2 aromatic carbocycles. The van der Waals surface area contributed by atoms with E-state index < -0.39 is 17.8 Å². The van der Waals surface area contributed by atoms with Crippen LogP contribution in [0.25, 0.3) is 0 Å². The van der Waals surface area contributed by atoms with Crippen LogP contribution in [-0.2, 0) is 6.18 Å². The van der Waals surface area contributed by atoms with Gasteiger partial charge in [-0.15, -0.1) is 0 Å². The fraction of sp³-hybridized carbons (Fsp3) is 0.263. The van der Waals surface area contributed by atoms with Crippen LogP contribution in [0.2, 0.25) is 10.0 Å². The number of anilines is 1. The van der Waals surface area contributed by atoms with Crippen molar-refractivity contribution in [3.05, 3.63) is 75.3 Å². The Bertz CT molecular complexity index is 860. The van der Waals surface area contributed by atoms with Gasteiger partial charge in [-0.1, -0.05) is 53.6 Å². The van der Waals surface area contributed by atoms with Crippen LogP contribution in [-0.4, -0.2) is 0 Å². The third-order valence-electron chi connectivity index (χ3n) is 4.99. The van der Waals surface area contributed by atoms with E-state index in [9.17, 15) is 13.2 Å². The number of halogens is 5. The maximum atomic E-state index is 13.5. The van der Waals surface area contributed by atoms with Gasteiger partial charge in [0.1, 0.15) is 0 Å². The van der Waals surface area contributed by atoms with Gasteiger partial charge in [0.2, 0.25) is 0 Å². The van der Waals surface area contributed by atoms with Crippen molar-refractivity contribution in [1.82, 2.24) is 0 Å². The molecule has 2 aliphatic rings. The molecule has 0 saturated carbocycles. The van der Waals surface area contributed by atoms with E-state index in [1.807, 2.05) is 18.2 Å². The maximum Gasteiger partial charge on any atom is 0.416 e. The molecule has 130 valence electrons. The quantitative estimate of drug-likeness (QED) is 0.531. The van der Waals surface area contributed by atoms with Crippen molar-refractivity contribution in [2.45, 2.75) is 24.6 Å². The summed E-state index contributed by atoms with van der Waals surface area (Å²) in [6, 6.07) is 8.72. The largest absolute Gasteiger partial charge is 0.416 e. The highest BCUT2D eigenvalue weighted by Gasteiger charge is 2.42. The molecule has 1 nitrogen and oxygen atoms in total. The lowest BCUT2D eigenvalue weighted by Gasteiger charge is -2.39. The van der Waals surface area contributed by atoms with Crippen LogP contribution in [0.15, 0.2) is 48.6 Å². The van der Waals surface area contributed by atoms with Crippen LogP contribution >= 0.6 is 23.2 Å². The molecule has 25 heavy (non-hydrogen) atoms. The number of alkyl halides is 3. The van der Waals surface area contributed by atoms with Gasteiger partial charge in [0.05, 0.1) is 22.3 Å². The van der Waals surface area contributed by atoms with E-state index in [1.165, 1.54) is 6.07 Å². The number of nitrogens with one attached hydrogen (secondary N) is 1. The Morgan fingerprint density at radius 3 is 2.56 bits per heavy atom. The van der Waals surface area contributed by atoms with Gasteiger partial charge in [-0.3, -0.25) is 0 Å². The van der Waals surface area contributed by atoms with E-state index in [4.69, 9.17) is 23.2 Å². The summed E-state index contributed by atoms with van der Waals surface area (Å²) in [6.07, 6.45) is 0.367. The lowest BCUT2D eigenvalue weighted by atomic mass is 9.76. The fourth-order valence-electron chi connectivity index (χ4n) is 3.96. The fourth-order valence-corrected chi connectivity index (χ4v) is 4.52. The van der Waals surface area contributed by atoms with E-state index in [1.54, 1.807) is 18.2 Å². The summed E-state index contributed by atoms with van der Waals surface area (Å²) < 4.78 is 40.5. The molecule has 0 saturated heterocycles. The Morgan fingerprint density at radius 2 is 1.80 bits per heavy atom. The highest BCUT2D eigenvalue weighted by molar-refractivity contribution is 6.36. The van der Waals surface area contributed by atoms with Gasteiger partial charge in [-0.05, 0) is 41.7 Å². The van der Waals surface area contributed by atoms with Crippen LogP contribution < -0.4 is 5.32 Å². The topological polar surface area (TPSA) is 12.0 Å². The lowest BCUT2D eigenvalue weighted by Crippen LogP contribution is -2.31. The monoisotopic (exact) mass is 383 g/mol. The molecule has 0 amide bonds. The summed E-state index contributed by atoms with van der Waals surface area (Å²) >= 11 is 12.5. The van der Waals surface area contributed by atoms with E-state index in [0.717, 1.165) is 11.6 Å². The Hall–Kier alpha value is -1.65. The highest BCUT2D eigenvalue weighted by Crippen LogP contribution is 2.53. The molecule has 0 unspecified atom stereocenters. The normalized spacial score (nSPS) is 24.6. The molecule has 1 aliphatic heterocycles. The first-order valence-electron chi connectivity index (χ1n) is 7.94. The number of fused-ring (bicyclic) bond motifs is 3. The summed E-state index contributed by atoms with van der Waals surface area (Å²) in [6.45, 7) is 0. The number of hydrogen-bond donors (Lipinski definition) is 1. The van der Waals surface area contributed by atoms with Crippen molar-refractivity contribution in [3.63, 3.8) is 0 Å². The van der Waals surface area contributed by atoms with Gasteiger partial charge in [-0.2, -0.15) is 13.2 Å². The van der Waals surface area contributed by atoms with Crippen LogP contribution in [0.3, 0.4) is 0 Å². The first-order valence-corrected chi connectivity index (χ1v) is 8.70. The Labute approximate surface area is 153 Å². The van der Waals surface area contributed by atoms with Crippen molar-refractivity contribution < 1.29 is 13.2 Å². The second-order valence-corrected chi connectivity index (χ2v) is 7.26. The zero-order chi connectivity index (χ0) is 17.8. The molecular weight excluding hydrogens is 370 g/mol. The number of allylic oxidation sites excluding steroid dienone is 2. The standard InChI is InChI=1S/C19H14Cl2F3N/c20-10-8-14-11-5-3-6-12(11)17(25-18(14)16(21)9-10)13-4-1-2-7-15(13)19(22,23)24/h1-5,7-9,11-12,17,25H,6H2/t11-,12+,17-/m1/s1. The molecule has 2 aromatic rings.